The highest BCUT2D eigenvalue weighted by Gasteiger charge is 2.12. The van der Waals surface area contributed by atoms with Crippen molar-refractivity contribution >= 4 is 5.95 Å². The molecule has 1 fully saturated rings. The van der Waals surface area contributed by atoms with E-state index in [1.807, 2.05) is 0 Å². The van der Waals surface area contributed by atoms with E-state index in [0.717, 1.165) is 25.9 Å². The van der Waals surface area contributed by atoms with Gasteiger partial charge in [-0.3, -0.25) is 9.78 Å². The van der Waals surface area contributed by atoms with Gasteiger partial charge in [0.25, 0.3) is 5.56 Å². The molecule has 82 valence electrons. The number of aryl methyl sites for hydroxylation is 1. The van der Waals surface area contributed by atoms with Crippen molar-refractivity contribution in [2.75, 3.05) is 18.0 Å². The normalized spacial score (nSPS) is 17.5. The van der Waals surface area contributed by atoms with E-state index in [-0.39, 0.29) is 5.56 Å². The molecule has 0 unspecified atom stereocenters. The number of hydrogen-bond acceptors (Lipinski definition) is 4. The topological polar surface area (TPSA) is 61.9 Å². The van der Waals surface area contributed by atoms with Crippen LogP contribution in [-0.2, 0) is 0 Å². The average Bonchev–Trinajstić information content (AvgIpc) is 2.50. The van der Waals surface area contributed by atoms with Gasteiger partial charge in [-0.05, 0) is 19.8 Å². The number of aromatic nitrogens is 3. The van der Waals surface area contributed by atoms with Gasteiger partial charge in [0.05, 0.1) is 0 Å². The van der Waals surface area contributed by atoms with Crippen LogP contribution in [0.15, 0.2) is 4.79 Å². The fourth-order valence-corrected chi connectivity index (χ4v) is 1.81. The fraction of sp³-hybridized carbons (Fsp3) is 0.700. The standard InChI is InChI=1S/C10H16N4O/c1-8-9(15)11-10(13-12-8)14-6-4-2-3-5-7-14/h2-7H2,1H3,(H,11,13,15). The van der Waals surface area contributed by atoms with Crippen molar-refractivity contribution in [2.45, 2.75) is 32.6 Å². The summed E-state index contributed by atoms with van der Waals surface area (Å²) in [6, 6.07) is 0. The van der Waals surface area contributed by atoms with Crippen LogP contribution in [-0.4, -0.2) is 28.3 Å². The number of aromatic amines is 1. The van der Waals surface area contributed by atoms with Crippen LogP contribution in [0.5, 0.6) is 0 Å². The Kier molecular flexibility index (Phi) is 2.99. The SMILES string of the molecule is Cc1nnc(N2CCCCCC2)[nH]c1=O. The van der Waals surface area contributed by atoms with Crippen LogP contribution in [0.2, 0.25) is 0 Å². The first-order chi connectivity index (χ1) is 7.27. The lowest BCUT2D eigenvalue weighted by atomic mass is 10.2. The number of hydrogen-bond donors (Lipinski definition) is 1. The third kappa shape index (κ3) is 2.34. The molecule has 0 amide bonds. The zero-order chi connectivity index (χ0) is 10.7. The summed E-state index contributed by atoms with van der Waals surface area (Å²) in [7, 11) is 0. The van der Waals surface area contributed by atoms with Crippen molar-refractivity contribution < 1.29 is 0 Å². The predicted molar refractivity (Wildman–Crippen MR) is 58.1 cm³/mol. The predicted octanol–water partition coefficient (Wildman–Crippen LogP) is 0.854. The Balaban J connectivity index is 2.20. The van der Waals surface area contributed by atoms with Crippen LogP contribution in [0.1, 0.15) is 31.4 Å². The Hall–Kier alpha value is -1.39. The molecule has 1 aliphatic heterocycles. The summed E-state index contributed by atoms with van der Waals surface area (Å²) in [6.45, 7) is 3.60. The maximum Gasteiger partial charge on any atom is 0.273 e. The molecular weight excluding hydrogens is 192 g/mol. The first-order valence-corrected chi connectivity index (χ1v) is 5.46. The fourth-order valence-electron chi connectivity index (χ4n) is 1.81. The highest BCUT2D eigenvalue weighted by atomic mass is 16.1. The molecule has 0 radical (unpaired) electrons. The van der Waals surface area contributed by atoms with Crippen molar-refractivity contribution in [1.82, 2.24) is 15.2 Å². The molecule has 1 aromatic rings. The maximum absolute atomic E-state index is 11.4. The third-order valence-corrected chi connectivity index (χ3v) is 2.75. The number of rotatable bonds is 1. The Morgan fingerprint density at radius 1 is 1.13 bits per heavy atom. The molecule has 0 aliphatic carbocycles. The van der Waals surface area contributed by atoms with Crippen LogP contribution in [0.4, 0.5) is 5.95 Å². The molecule has 0 aromatic carbocycles. The van der Waals surface area contributed by atoms with Gasteiger partial charge in [0, 0.05) is 13.1 Å². The van der Waals surface area contributed by atoms with Crippen molar-refractivity contribution in [3.63, 3.8) is 0 Å². The molecule has 2 rings (SSSR count). The Labute approximate surface area is 88.5 Å². The molecule has 5 heteroatoms. The second kappa shape index (κ2) is 4.42. The molecule has 15 heavy (non-hydrogen) atoms. The molecule has 0 atom stereocenters. The van der Waals surface area contributed by atoms with Gasteiger partial charge in [0.15, 0.2) is 0 Å². The van der Waals surface area contributed by atoms with Crippen molar-refractivity contribution in [3.05, 3.63) is 16.0 Å². The van der Waals surface area contributed by atoms with Crippen LogP contribution >= 0.6 is 0 Å². The highest BCUT2D eigenvalue weighted by Crippen LogP contribution is 2.13. The van der Waals surface area contributed by atoms with Gasteiger partial charge < -0.3 is 4.90 Å². The molecule has 0 saturated carbocycles. The smallest absolute Gasteiger partial charge is 0.273 e. The van der Waals surface area contributed by atoms with Gasteiger partial charge in [-0.15, -0.1) is 10.2 Å². The minimum Gasteiger partial charge on any atom is -0.341 e. The average molecular weight is 208 g/mol. The summed E-state index contributed by atoms with van der Waals surface area (Å²) in [5.74, 6) is 0.618. The van der Waals surface area contributed by atoms with Crippen LogP contribution in [0.3, 0.4) is 0 Å². The summed E-state index contributed by atoms with van der Waals surface area (Å²) in [6.07, 6.45) is 4.86. The van der Waals surface area contributed by atoms with E-state index in [1.165, 1.54) is 12.8 Å². The minimum atomic E-state index is -0.135. The van der Waals surface area contributed by atoms with E-state index in [4.69, 9.17) is 0 Å². The molecule has 1 saturated heterocycles. The van der Waals surface area contributed by atoms with Gasteiger partial charge in [0.1, 0.15) is 5.69 Å². The van der Waals surface area contributed by atoms with E-state index < -0.39 is 0 Å². The lowest BCUT2D eigenvalue weighted by Gasteiger charge is -2.19. The van der Waals surface area contributed by atoms with Gasteiger partial charge in [-0.25, -0.2) is 0 Å². The summed E-state index contributed by atoms with van der Waals surface area (Å²) in [5, 5.41) is 7.87. The first kappa shape index (κ1) is 10.1. The largest absolute Gasteiger partial charge is 0.341 e. The summed E-state index contributed by atoms with van der Waals surface area (Å²) >= 11 is 0. The zero-order valence-electron chi connectivity index (χ0n) is 8.99. The van der Waals surface area contributed by atoms with Gasteiger partial charge in [0.2, 0.25) is 5.95 Å². The lowest BCUT2D eigenvalue weighted by Crippen LogP contribution is -2.29. The van der Waals surface area contributed by atoms with Gasteiger partial charge in [-0.2, -0.15) is 0 Å². The minimum absolute atomic E-state index is 0.135. The first-order valence-electron chi connectivity index (χ1n) is 5.46. The molecular formula is C10H16N4O. The summed E-state index contributed by atoms with van der Waals surface area (Å²) in [4.78, 5) is 16.3. The highest BCUT2D eigenvalue weighted by molar-refractivity contribution is 5.27. The molecule has 0 bridgehead atoms. The molecule has 5 nitrogen and oxygen atoms in total. The molecule has 0 spiro atoms. The van der Waals surface area contributed by atoms with Gasteiger partial charge in [-0.1, -0.05) is 12.8 Å². The monoisotopic (exact) mass is 208 g/mol. The van der Waals surface area contributed by atoms with E-state index >= 15 is 0 Å². The van der Waals surface area contributed by atoms with E-state index in [1.54, 1.807) is 6.92 Å². The lowest BCUT2D eigenvalue weighted by molar-refractivity contribution is 0.726. The third-order valence-electron chi connectivity index (χ3n) is 2.75. The Morgan fingerprint density at radius 3 is 2.40 bits per heavy atom. The van der Waals surface area contributed by atoms with E-state index in [0.29, 0.717) is 11.6 Å². The van der Waals surface area contributed by atoms with Crippen LogP contribution in [0.25, 0.3) is 0 Å². The van der Waals surface area contributed by atoms with Crippen molar-refractivity contribution in [1.29, 1.82) is 0 Å². The Morgan fingerprint density at radius 2 is 1.80 bits per heavy atom. The molecule has 1 N–H and O–H groups in total. The van der Waals surface area contributed by atoms with Crippen molar-refractivity contribution in [2.24, 2.45) is 0 Å². The van der Waals surface area contributed by atoms with Crippen LogP contribution in [0, 0.1) is 6.92 Å². The van der Waals surface area contributed by atoms with Gasteiger partial charge >= 0.3 is 0 Å². The Bertz CT molecular complexity index is 379. The van der Waals surface area contributed by atoms with Crippen molar-refractivity contribution in [3.8, 4) is 0 Å². The zero-order valence-corrected chi connectivity index (χ0v) is 8.99. The molecule has 1 aliphatic rings. The number of nitrogens with zero attached hydrogens (tertiary/aromatic N) is 3. The summed E-state index contributed by atoms with van der Waals surface area (Å²) in [5.41, 5.74) is 0.290. The van der Waals surface area contributed by atoms with Crippen LogP contribution < -0.4 is 10.5 Å². The second-order valence-electron chi connectivity index (χ2n) is 3.96. The number of nitrogens with one attached hydrogen (secondary N) is 1. The molecule has 2 heterocycles. The maximum atomic E-state index is 11.4. The molecule has 1 aromatic heterocycles. The quantitative estimate of drug-likeness (QED) is 0.743. The number of anilines is 1. The summed E-state index contributed by atoms with van der Waals surface area (Å²) < 4.78 is 0. The number of H-pyrrole nitrogens is 1. The van der Waals surface area contributed by atoms with E-state index in [9.17, 15) is 4.79 Å². The second-order valence-corrected chi connectivity index (χ2v) is 3.96. The van der Waals surface area contributed by atoms with E-state index in [2.05, 4.69) is 20.1 Å².